The van der Waals surface area contributed by atoms with Crippen LogP contribution in [0.5, 0.6) is 0 Å². The predicted molar refractivity (Wildman–Crippen MR) is 59.3 cm³/mol. The molecule has 1 aromatic rings. The normalized spacial score (nSPS) is 30.8. The molecular formula is C12H15F3N2O2. The molecule has 2 aliphatic rings. The van der Waals surface area contributed by atoms with Crippen molar-refractivity contribution in [2.75, 3.05) is 13.2 Å². The van der Waals surface area contributed by atoms with E-state index in [2.05, 4.69) is 9.84 Å². The van der Waals surface area contributed by atoms with Gasteiger partial charge in [0.15, 0.2) is 0 Å². The lowest BCUT2D eigenvalue weighted by molar-refractivity contribution is -0.326. The third-order valence-corrected chi connectivity index (χ3v) is 3.63. The lowest BCUT2D eigenvalue weighted by atomic mass is 10.2. The maximum atomic E-state index is 11.9. The van der Waals surface area contributed by atoms with Crippen molar-refractivity contribution in [1.29, 1.82) is 0 Å². The van der Waals surface area contributed by atoms with Gasteiger partial charge in [0.25, 0.3) is 0 Å². The standard InChI is InChI=1S/C12H15F3N2O2/c13-12(14,15)19-7-8-4-10(8)9-5-16-17(6-9)11-2-1-3-18-11/h5-6,8,10-11H,1-4,7H2. The molecule has 3 rings (SSSR count). The molecule has 2 heterocycles. The fourth-order valence-electron chi connectivity index (χ4n) is 2.51. The molecule has 1 saturated heterocycles. The average molecular weight is 276 g/mol. The van der Waals surface area contributed by atoms with E-state index in [0.29, 0.717) is 0 Å². The molecule has 3 atom stereocenters. The first-order chi connectivity index (χ1) is 9.03. The summed E-state index contributed by atoms with van der Waals surface area (Å²) in [6, 6.07) is 0. The summed E-state index contributed by atoms with van der Waals surface area (Å²) in [5.74, 6) is 0.0845. The fraction of sp³-hybridized carbons (Fsp3) is 0.750. The summed E-state index contributed by atoms with van der Waals surface area (Å²) >= 11 is 0. The van der Waals surface area contributed by atoms with Crippen molar-refractivity contribution in [2.45, 2.75) is 37.8 Å². The van der Waals surface area contributed by atoms with Crippen LogP contribution < -0.4 is 0 Å². The number of nitrogens with zero attached hydrogens (tertiary/aromatic N) is 2. The molecular weight excluding hydrogens is 261 g/mol. The van der Waals surface area contributed by atoms with Gasteiger partial charge in [0.2, 0.25) is 0 Å². The molecule has 0 spiro atoms. The first-order valence-electron chi connectivity index (χ1n) is 6.39. The number of aromatic nitrogens is 2. The number of rotatable bonds is 4. The Morgan fingerprint density at radius 3 is 3.00 bits per heavy atom. The van der Waals surface area contributed by atoms with Crippen LogP contribution >= 0.6 is 0 Å². The van der Waals surface area contributed by atoms with Crippen LogP contribution in [0.1, 0.15) is 37.0 Å². The Hall–Kier alpha value is -1.08. The van der Waals surface area contributed by atoms with E-state index in [1.807, 2.05) is 6.20 Å². The van der Waals surface area contributed by atoms with Crippen molar-refractivity contribution >= 4 is 0 Å². The van der Waals surface area contributed by atoms with Crippen molar-refractivity contribution in [2.24, 2.45) is 5.92 Å². The highest BCUT2D eigenvalue weighted by Crippen LogP contribution is 2.48. The summed E-state index contributed by atoms with van der Waals surface area (Å²) in [4.78, 5) is 0. The number of alkyl halides is 3. The van der Waals surface area contributed by atoms with Gasteiger partial charge in [-0.05, 0) is 36.7 Å². The van der Waals surface area contributed by atoms with Crippen LogP contribution in [0.25, 0.3) is 0 Å². The van der Waals surface area contributed by atoms with E-state index in [1.54, 1.807) is 10.9 Å². The van der Waals surface area contributed by atoms with Crippen LogP contribution in [0.15, 0.2) is 12.4 Å². The van der Waals surface area contributed by atoms with Gasteiger partial charge in [0.1, 0.15) is 6.23 Å². The second-order valence-electron chi connectivity index (χ2n) is 5.08. The van der Waals surface area contributed by atoms with Crippen LogP contribution in [0.2, 0.25) is 0 Å². The minimum atomic E-state index is -4.53. The van der Waals surface area contributed by atoms with E-state index in [-0.39, 0.29) is 24.7 Å². The van der Waals surface area contributed by atoms with Gasteiger partial charge in [-0.25, -0.2) is 4.68 Å². The van der Waals surface area contributed by atoms with Gasteiger partial charge in [-0.2, -0.15) is 5.10 Å². The maximum absolute atomic E-state index is 11.9. The highest BCUT2D eigenvalue weighted by molar-refractivity contribution is 5.20. The molecule has 4 nitrogen and oxygen atoms in total. The molecule has 0 aromatic carbocycles. The number of hydrogen-bond donors (Lipinski definition) is 0. The molecule has 3 unspecified atom stereocenters. The van der Waals surface area contributed by atoms with Crippen molar-refractivity contribution < 1.29 is 22.6 Å². The Kier molecular flexibility index (Phi) is 3.26. The van der Waals surface area contributed by atoms with Gasteiger partial charge in [0.05, 0.1) is 12.8 Å². The van der Waals surface area contributed by atoms with Gasteiger partial charge in [-0.15, -0.1) is 13.2 Å². The van der Waals surface area contributed by atoms with E-state index >= 15 is 0 Å². The van der Waals surface area contributed by atoms with E-state index < -0.39 is 6.36 Å². The van der Waals surface area contributed by atoms with Crippen molar-refractivity contribution in [3.05, 3.63) is 18.0 Å². The molecule has 1 aromatic heterocycles. The summed E-state index contributed by atoms with van der Waals surface area (Å²) in [5.41, 5.74) is 0.978. The smallest absolute Gasteiger partial charge is 0.357 e. The van der Waals surface area contributed by atoms with Gasteiger partial charge in [-0.3, -0.25) is 4.74 Å². The van der Waals surface area contributed by atoms with Gasteiger partial charge >= 0.3 is 6.36 Å². The number of halogens is 3. The zero-order chi connectivity index (χ0) is 13.5. The highest BCUT2D eigenvalue weighted by Gasteiger charge is 2.42. The van der Waals surface area contributed by atoms with Crippen LogP contribution in [0, 0.1) is 5.92 Å². The molecule has 1 aliphatic heterocycles. The zero-order valence-corrected chi connectivity index (χ0v) is 10.3. The molecule has 0 N–H and O–H groups in total. The first-order valence-corrected chi connectivity index (χ1v) is 6.39. The minimum Gasteiger partial charge on any atom is -0.357 e. The van der Waals surface area contributed by atoms with Crippen molar-refractivity contribution in [3.8, 4) is 0 Å². The highest BCUT2D eigenvalue weighted by atomic mass is 19.4. The third-order valence-electron chi connectivity index (χ3n) is 3.63. The lowest BCUT2D eigenvalue weighted by Crippen LogP contribution is -2.15. The number of hydrogen-bond acceptors (Lipinski definition) is 3. The summed E-state index contributed by atoms with van der Waals surface area (Å²) in [5, 5.41) is 4.23. The summed E-state index contributed by atoms with van der Waals surface area (Å²) < 4.78 is 46.9. The summed E-state index contributed by atoms with van der Waals surface area (Å²) in [6.45, 7) is 0.477. The number of ether oxygens (including phenoxy) is 2. The molecule has 0 amide bonds. The predicted octanol–water partition coefficient (Wildman–Crippen LogP) is 2.83. The molecule has 1 saturated carbocycles. The Morgan fingerprint density at radius 1 is 1.47 bits per heavy atom. The molecule has 1 aliphatic carbocycles. The van der Waals surface area contributed by atoms with Crippen molar-refractivity contribution in [1.82, 2.24) is 9.78 Å². The summed E-state index contributed by atoms with van der Waals surface area (Å²) in [7, 11) is 0. The van der Waals surface area contributed by atoms with E-state index in [1.165, 1.54) is 0 Å². The molecule has 2 fully saturated rings. The minimum absolute atomic E-state index is 0.0163. The molecule has 106 valence electrons. The Morgan fingerprint density at radius 2 is 2.32 bits per heavy atom. The van der Waals surface area contributed by atoms with Crippen LogP contribution in [0.3, 0.4) is 0 Å². The van der Waals surface area contributed by atoms with Crippen molar-refractivity contribution in [3.63, 3.8) is 0 Å². The second-order valence-corrected chi connectivity index (χ2v) is 5.08. The second kappa shape index (κ2) is 4.79. The molecule has 19 heavy (non-hydrogen) atoms. The fourth-order valence-corrected chi connectivity index (χ4v) is 2.51. The molecule has 0 radical (unpaired) electrons. The van der Waals surface area contributed by atoms with Crippen LogP contribution in [-0.2, 0) is 9.47 Å². The largest absolute Gasteiger partial charge is 0.522 e. The quantitative estimate of drug-likeness (QED) is 0.848. The summed E-state index contributed by atoms with van der Waals surface area (Å²) in [6.07, 6.45) is 1.74. The van der Waals surface area contributed by atoms with Crippen LogP contribution in [-0.4, -0.2) is 29.4 Å². The SMILES string of the molecule is FC(F)(F)OCC1CC1c1cnn(C2CCCO2)c1. The Balaban J connectivity index is 1.54. The molecule has 0 bridgehead atoms. The monoisotopic (exact) mass is 276 g/mol. The van der Waals surface area contributed by atoms with Crippen LogP contribution in [0.4, 0.5) is 13.2 Å². The Labute approximate surface area is 108 Å². The van der Waals surface area contributed by atoms with E-state index in [0.717, 1.165) is 31.4 Å². The van der Waals surface area contributed by atoms with E-state index in [9.17, 15) is 13.2 Å². The van der Waals surface area contributed by atoms with Gasteiger partial charge < -0.3 is 4.74 Å². The van der Waals surface area contributed by atoms with Gasteiger partial charge in [-0.1, -0.05) is 0 Å². The van der Waals surface area contributed by atoms with Gasteiger partial charge in [0, 0.05) is 12.8 Å². The third kappa shape index (κ3) is 3.09. The zero-order valence-electron chi connectivity index (χ0n) is 10.3. The van der Waals surface area contributed by atoms with E-state index in [4.69, 9.17) is 4.74 Å². The topological polar surface area (TPSA) is 36.3 Å². The maximum Gasteiger partial charge on any atom is 0.522 e. The Bertz CT molecular complexity index is 440. The molecule has 7 heteroatoms. The average Bonchev–Trinajstić information content (AvgIpc) is 2.81. The lowest BCUT2D eigenvalue weighted by Gasteiger charge is -2.08. The first kappa shape index (κ1) is 12.9.